The van der Waals surface area contributed by atoms with Crippen LogP contribution in [0.1, 0.15) is 18.4 Å². The van der Waals surface area contributed by atoms with E-state index in [2.05, 4.69) is 10.6 Å². The Bertz CT molecular complexity index is 418. The summed E-state index contributed by atoms with van der Waals surface area (Å²) in [5, 5.41) is 6.24. The minimum atomic E-state index is -0.154. The molecule has 1 aliphatic heterocycles. The molecular weight excluding hydrogens is 216 g/mol. The maximum Gasteiger partial charge on any atom is 0.246 e. The van der Waals surface area contributed by atoms with E-state index >= 15 is 0 Å². The molecule has 92 valence electrons. The number of hydrogen-bond acceptors (Lipinski definition) is 3. The van der Waals surface area contributed by atoms with E-state index in [1.54, 1.807) is 7.11 Å². The first-order valence-electron chi connectivity index (χ1n) is 5.88. The normalized spacial score (nSPS) is 18.2. The van der Waals surface area contributed by atoms with Crippen molar-refractivity contribution in [1.82, 2.24) is 0 Å². The highest BCUT2D eigenvalue weighted by Crippen LogP contribution is 2.30. The molecule has 17 heavy (non-hydrogen) atoms. The summed E-state index contributed by atoms with van der Waals surface area (Å²) in [5.41, 5.74) is 3.06. The molecule has 0 spiro atoms. The van der Waals surface area contributed by atoms with Gasteiger partial charge in [-0.25, -0.2) is 0 Å². The summed E-state index contributed by atoms with van der Waals surface area (Å²) in [6.07, 6.45) is 1.66. The van der Waals surface area contributed by atoms with Crippen molar-refractivity contribution in [1.29, 1.82) is 0 Å². The first-order chi connectivity index (χ1) is 8.22. The van der Waals surface area contributed by atoms with Crippen LogP contribution < -0.4 is 10.6 Å². The van der Waals surface area contributed by atoms with Crippen molar-refractivity contribution in [3.63, 3.8) is 0 Å². The predicted molar refractivity (Wildman–Crippen MR) is 68.3 cm³/mol. The fourth-order valence-electron chi connectivity index (χ4n) is 2.06. The number of carbonyl (C=O) groups is 1. The lowest BCUT2D eigenvalue weighted by Gasteiger charge is -2.28. The average Bonchev–Trinajstić information content (AvgIpc) is 2.31. The van der Waals surface area contributed by atoms with Gasteiger partial charge in [0.15, 0.2) is 0 Å². The number of ether oxygens (including phenoxy) is 1. The molecule has 4 heteroatoms. The van der Waals surface area contributed by atoms with Gasteiger partial charge in [0.05, 0.1) is 11.4 Å². The van der Waals surface area contributed by atoms with Crippen LogP contribution in [-0.4, -0.2) is 25.7 Å². The first kappa shape index (κ1) is 11.9. The Hall–Kier alpha value is -1.55. The van der Waals surface area contributed by atoms with Gasteiger partial charge in [-0.3, -0.25) is 4.79 Å². The van der Waals surface area contributed by atoms with Crippen molar-refractivity contribution in [2.24, 2.45) is 0 Å². The van der Waals surface area contributed by atoms with E-state index in [0.29, 0.717) is 6.61 Å². The van der Waals surface area contributed by atoms with Crippen LogP contribution in [0.4, 0.5) is 11.4 Å². The zero-order valence-corrected chi connectivity index (χ0v) is 10.2. The molecule has 0 bridgehead atoms. The molecule has 1 heterocycles. The second kappa shape index (κ2) is 5.19. The highest BCUT2D eigenvalue weighted by molar-refractivity contribution is 6.03. The van der Waals surface area contributed by atoms with E-state index in [1.165, 1.54) is 0 Å². The van der Waals surface area contributed by atoms with E-state index in [1.807, 2.05) is 25.1 Å². The van der Waals surface area contributed by atoms with E-state index < -0.39 is 0 Å². The summed E-state index contributed by atoms with van der Waals surface area (Å²) < 4.78 is 5.00. The van der Waals surface area contributed by atoms with Crippen molar-refractivity contribution in [3.8, 4) is 0 Å². The monoisotopic (exact) mass is 234 g/mol. The van der Waals surface area contributed by atoms with Crippen molar-refractivity contribution in [2.45, 2.75) is 25.8 Å². The number of benzene rings is 1. The third kappa shape index (κ3) is 2.58. The maximum absolute atomic E-state index is 11.8. The number of aryl methyl sites for hydroxylation is 1. The number of fused-ring (bicyclic) bond motifs is 1. The number of nitrogens with one attached hydrogen (secondary N) is 2. The van der Waals surface area contributed by atoms with Gasteiger partial charge in [0, 0.05) is 13.7 Å². The zero-order valence-electron chi connectivity index (χ0n) is 10.2. The zero-order chi connectivity index (χ0) is 12.3. The third-order valence-corrected chi connectivity index (χ3v) is 3.01. The topological polar surface area (TPSA) is 50.4 Å². The fraction of sp³-hybridized carbons (Fsp3) is 0.462. The van der Waals surface area contributed by atoms with Crippen molar-refractivity contribution < 1.29 is 9.53 Å². The molecule has 4 nitrogen and oxygen atoms in total. The summed E-state index contributed by atoms with van der Waals surface area (Å²) >= 11 is 0. The van der Waals surface area contributed by atoms with Gasteiger partial charge < -0.3 is 15.4 Å². The smallest absolute Gasteiger partial charge is 0.246 e. The standard InChI is InChI=1S/C13H18N2O2/c1-9-5-3-6-10-12(9)14-11(13(16)15-10)7-4-8-17-2/h3,5-6,11,14H,4,7-8H2,1-2H3,(H,15,16). The second-order valence-electron chi connectivity index (χ2n) is 4.32. The third-order valence-electron chi connectivity index (χ3n) is 3.01. The first-order valence-corrected chi connectivity index (χ1v) is 5.88. The Kier molecular flexibility index (Phi) is 3.64. The molecule has 0 saturated carbocycles. The largest absolute Gasteiger partial charge is 0.385 e. The quantitative estimate of drug-likeness (QED) is 0.785. The molecule has 1 aromatic carbocycles. The highest BCUT2D eigenvalue weighted by Gasteiger charge is 2.25. The summed E-state index contributed by atoms with van der Waals surface area (Å²) in [7, 11) is 1.67. The molecule has 1 unspecified atom stereocenters. The van der Waals surface area contributed by atoms with Crippen LogP contribution in [0.3, 0.4) is 0 Å². The van der Waals surface area contributed by atoms with Crippen LogP contribution in [0.2, 0.25) is 0 Å². The number of rotatable bonds is 4. The maximum atomic E-state index is 11.8. The Labute approximate surface area is 101 Å². The number of amides is 1. The lowest BCUT2D eigenvalue weighted by atomic mass is 10.0. The van der Waals surface area contributed by atoms with Crippen LogP contribution in [0.5, 0.6) is 0 Å². The van der Waals surface area contributed by atoms with Crippen molar-refractivity contribution in [2.75, 3.05) is 24.4 Å². The van der Waals surface area contributed by atoms with Crippen LogP contribution in [-0.2, 0) is 9.53 Å². The van der Waals surface area contributed by atoms with Gasteiger partial charge in [0.2, 0.25) is 5.91 Å². The Morgan fingerprint density at radius 3 is 3.00 bits per heavy atom. The van der Waals surface area contributed by atoms with Crippen LogP contribution >= 0.6 is 0 Å². The summed E-state index contributed by atoms with van der Waals surface area (Å²) in [4.78, 5) is 11.8. The lowest BCUT2D eigenvalue weighted by Crippen LogP contribution is -2.39. The lowest BCUT2D eigenvalue weighted by molar-refractivity contribution is -0.117. The number of anilines is 2. The molecule has 1 aliphatic rings. The van der Waals surface area contributed by atoms with Crippen LogP contribution in [0.25, 0.3) is 0 Å². The predicted octanol–water partition coefficient (Wildman–Crippen LogP) is 2.15. The minimum Gasteiger partial charge on any atom is -0.385 e. The molecule has 0 fully saturated rings. The number of carbonyl (C=O) groups excluding carboxylic acids is 1. The van der Waals surface area contributed by atoms with E-state index in [9.17, 15) is 4.79 Å². The van der Waals surface area contributed by atoms with Crippen LogP contribution in [0.15, 0.2) is 18.2 Å². The number of hydrogen-bond donors (Lipinski definition) is 2. The second-order valence-corrected chi connectivity index (χ2v) is 4.32. The molecule has 0 saturated heterocycles. The van der Waals surface area contributed by atoms with Crippen LogP contribution in [0, 0.1) is 6.92 Å². The van der Waals surface area contributed by atoms with Gasteiger partial charge in [0.1, 0.15) is 6.04 Å². The molecule has 0 aromatic heterocycles. The van der Waals surface area contributed by atoms with E-state index in [4.69, 9.17) is 4.74 Å². The molecule has 0 aliphatic carbocycles. The molecule has 1 aromatic rings. The Balaban J connectivity index is 2.09. The van der Waals surface area contributed by atoms with Gasteiger partial charge in [0.25, 0.3) is 0 Å². The Morgan fingerprint density at radius 1 is 1.41 bits per heavy atom. The van der Waals surface area contributed by atoms with E-state index in [0.717, 1.165) is 29.8 Å². The van der Waals surface area contributed by atoms with Crippen molar-refractivity contribution >= 4 is 17.3 Å². The summed E-state index contributed by atoms with van der Waals surface area (Å²) in [5.74, 6) is 0.0409. The number of para-hydroxylation sites is 1. The fourth-order valence-corrected chi connectivity index (χ4v) is 2.06. The molecule has 2 rings (SSSR count). The molecule has 0 radical (unpaired) electrons. The average molecular weight is 234 g/mol. The minimum absolute atomic E-state index is 0.0409. The van der Waals surface area contributed by atoms with Gasteiger partial charge in [-0.2, -0.15) is 0 Å². The van der Waals surface area contributed by atoms with Gasteiger partial charge in [-0.15, -0.1) is 0 Å². The molecule has 1 amide bonds. The van der Waals surface area contributed by atoms with Gasteiger partial charge >= 0.3 is 0 Å². The molecular formula is C13H18N2O2. The van der Waals surface area contributed by atoms with Gasteiger partial charge in [-0.05, 0) is 31.4 Å². The summed E-state index contributed by atoms with van der Waals surface area (Å²) in [6.45, 7) is 2.72. The SMILES string of the molecule is COCCCC1Nc2c(C)cccc2NC1=O. The molecule has 1 atom stereocenters. The van der Waals surface area contributed by atoms with E-state index in [-0.39, 0.29) is 11.9 Å². The summed E-state index contributed by atoms with van der Waals surface area (Å²) in [6, 6.07) is 5.74. The Morgan fingerprint density at radius 2 is 2.24 bits per heavy atom. The van der Waals surface area contributed by atoms with Gasteiger partial charge in [-0.1, -0.05) is 12.1 Å². The number of methoxy groups -OCH3 is 1. The molecule has 2 N–H and O–H groups in total. The van der Waals surface area contributed by atoms with Crippen molar-refractivity contribution in [3.05, 3.63) is 23.8 Å². The highest BCUT2D eigenvalue weighted by atomic mass is 16.5.